The summed E-state index contributed by atoms with van der Waals surface area (Å²) in [4.78, 5) is 46.6. The van der Waals surface area contributed by atoms with Crippen molar-refractivity contribution in [3.63, 3.8) is 0 Å². The Labute approximate surface area is 177 Å². The molecule has 0 aliphatic carbocycles. The molecule has 0 saturated heterocycles. The summed E-state index contributed by atoms with van der Waals surface area (Å²) in [5, 5.41) is 2.84. The first kappa shape index (κ1) is 20.3. The van der Waals surface area contributed by atoms with Gasteiger partial charge in [-0.3, -0.25) is 28.5 Å². The molecule has 9 heteroatoms. The minimum Gasteiger partial charge on any atom is -0.469 e. The Bertz CT molecular complexity index is 1310. The summed E-state index contributed by atoms with van der Waals surface area (Å²) in [5.74, 6) is 0.371. The Balaban J connectivity index is 1.63. The number of amides is 1. The number of nitrogens with one attached hydrogen (secondary N) is 1. The summed E-state index contributed by atoms with van der Waals surface area (Å²) in [6, 6.07) is 10.3. The fraction of sp³-hybridized carbons (Fsp3) is 0.227. The number of hydrogen-bond acceptors (Lipinski definition) is 6. The molecule has 158 valence electrons. The maximum Gasteiger partial charge on any atom is 0.318 e. The monoisotopic (exact) mass is 419 g/mol. The van der Waals surface area contributed by atoms with Crippen molar-refractivity contribution in [1.29, 1.82) is 0 Å². The average Bonchev–Trinajstić information content (AvgIpc) is 3.28. The van der Waals surface area contributed by atoms with Crippen LogP contribution in [0.4, 0.5) is 0 Å². The Morgan fingerprint density at radius 3 is 2.58 bits per heavy atom. The van der Waals surface area contributed by atoms with Crippen molar-refractivity contribution in [2.24, 2.45) is 0 Å². The molecule has 0 radical (unpaired) electrons. The molecular weight excluding hydrogens is 398 g/mol. The van der Waals surface area contributed by atoms with Gasteiger partial charge in [-0.25, -0.2) is 4.98 Å². The molecule has 31 heavy (non-hydrogen) atoms. The number of furan rings is 1. The van der Waals surface area contributed by atoms with Gasteiger partial charge in [0.1, 0.15) is 12.3 Å². The molecule has 0 aliphatic heterocycles. The van der Waals surface area contributed by atoms with E-state index in [1.165, 1.54) is 9.13 Å². The first-order chi connectivity index (χ1) is 15.0. The van der Waals surface area contributed by atoms with Gasteiger partial charge in [0.05, 0.1) is 18.3 Å². The lowest BCUT2D eigenvalue weighted by molar-refractivity contribution is -0.122. The van der Waals surface area contributed by atoms with Crippen LogP contribution in [0.25, 0.3) is 11.2 Å². The summed E-state index contributed by atoms with van der Waals surface area (Å²) in [7, 11) is 0. The van der Waals surface area contributed by atoms with Crippen LogP contribution in [0.2, 0.25) is 0 Å². The molecule has 4 rings (SSSR count). The lowest BCUT2D eigenvalue weighted by atomic mass is 10.2. The number of carbonyl (C=O) groups excluding carboxylic acids is 1. The van der Waals surface area contributed by atoms with Crippen molar-refractivity contribution in [1.82, 2.24) is 24.4 Å². The molecule has 1 amide bonds. The molecule has 0 spiro atoms. The number of aromatic nitrogens is 4. The topological polar surface area (TPSA) is 112 Å². The molecule has 1 atom stereocenters. The molecule has 0 saturated carbocycles. The predicted molar refractivity (Wildman–Crippen MR) is 114 cm³/mol. The van der Waals surface area contributed by atoms with Gasteiger partial charge >= 0.3 is 11.1 Å². The number of carbonyl (C=O) groups is 1. The van der Waals surface area contributed by atoms with Gasteiger partial charge in [-0.15, -0.1) is 0 Å². The third-order valence-corrected chi connectivity index (χ3v) is 4.87. The smallest absolute Gasteiger partial charge is 0.318 e. The number of pyridine rings is 2. The highest BCUT2D eigenvalue weighted by Crippen LogP contribution is 2.10. The van der Waals surface area contributed by atoms with Gasteiger partial charge in [0.25, 0.3) is 0 Å². The minimum absolute atomic E-state index is 0.178. The van der Waals surface area contributed by atoms with Gasteiger partial charge in [0.15, 0.2) is 5.65 Å². The van der Waals surface area contributed by atoms with E-state index in [-0.39, 0.29) is 25.0 Å². The highest BCUT2D eigenvalue weighted by Gasteiger charge is 2.17. The molecule has 4 aromatic heterocycles. The van der Waals surface area contributed by atoms with E-state index in [1.54, 1.807) is 55.2 Å². The maximum atomic E-state index is 12.9. The Hall–Kier alpha value is -4.01. The molecular formula is C22H21N5O4. The Morgan fingerprint density at radius 1 is 1.06 bits per heavy atom. The van der Waals surface area contributed by atoms with Crippen molar-refractivity contribution >= 4 is 17.1 Å². The number of rotatable bonds is 7. The van der Waals surface area contributed by atoms with Crippen LogP contribution in [0.1, 0.15) is 18.2 Å². The standard InChI is InChI=1S/C22H21N5O4/c1-15(12-17-4-3-11-31-17)25-19(28)14-26-18-5-2-8-24-20(18)27(22(30)21(26)29)13-16-6-9-23-10-7-16/h2-11,15H,12-14H2,1H3,(H,25,28)/t15-/m0/s1. The first-order valence-corrected chi connectivity index (χ1v) is 9.82. The second-order valence-corrected chi connectivity index (χ2v) is 7.24. The van der Waals surface area contributed by atoms with E-state index in [1.807, 2.05) is 13.0 Å². The molecule has 1 N–H and O–H groups in total. The third-order valence-electron chi connectivity index (χ3n) is 4.87. The van der Waals surface area contributed by atoms with Gasteiger partial charge in [0.2, 0.25) is 5.91 Å². The summed E-state index contributed by atoms with van der Waals surface area (Å²) in [5.41, 5.74) is 0.0453. The van der Waals surface area contributed by atoms with Gasteiger partial charge in [-0.1, -0.05) is 0 Å². The molecule has 4 aromatic rings. The molecule has 0 aromatic carbocycles. The minimum atomic E-state index is -0.775. The van der Waals surface area contributed by atoms with Gasteiger partial charge in [-0.2, -0.15) is 0 Å². The van der Waals surface area contributed by atoms with Crippen LogP contribution in [0, 0.1) is 0 Å². The number of hydrogen-bond donors (Lipinski definition) is 1. The molecule has 0 bridgehead atoms. The lowest BCUT2D eigenvalue weighted by Gasteiger charge is -2.16. The zero-order valence-electron chi connectivity index (χ0n) is 16.9. The van der Waals surface area contributed by atoms with E-state index >= 15 is 0 Å². The quantitative estimate of drug-likeness (QED) is 0.453. The predicted octanol–water partition coefficient (Wildman–Crippen LogP) is 1.34. The van der Waals surface area contributed by atoms with Gasteiger partial charge < -0.3 is 9.73 Å². The van der Waals surface area contributed by atoms with Crippen molar-refractivity contribution in [2.45, 2.75) is 32.5 Å². The Kier molecular flexibility index (Phi) is 5.74. The Morgan fingerprint density at radius 2 is 1.84 bits per heavy atom. The second-order valence-electron chi connectivity index (χ2n) is 7.24. The average molecular weight is 419 g/mol. The highest BCUT2D eigenvalue weighted by atomic mass is 16.3. The van der Waals surface area contributed by atoms with Crippen molar-refractivity contribution < 1.29 is 9.21 Å². The summed E-state index contributed by atoms with van der Waals surface area (Å²) >= 11 is 0. The van der Waals surface area contributed by atoms with Crippen LogP contribution in [-0.2, 0) is 24.3 Å². The molecule has 4 heterocycles. The van der Waals surface area contributed by atoms with E-state index in [0.29, 0.717) is 17.6 Å². The lowest BCUT2D eigenvalue weighted by Crippen LogP contribution is -2.45. The largest absolute Gasteiger partial charge is 0.469 e. The number of nitrogens with zero attached hydrogens (tertiary/aromatic N) is 4. The summed E-state index contributed by atoms with van der Waals surface area (Å²) in [6.45, 7) is 1.74. The van der Waals surface area contributed by atoms with Crippen LogP contribution in [0.5, 0.6) is 0 Å². The number of fused-ring (bicyclic) bond motifs is 1. The van der Waals surface area contributed by atoms with Crippen LogP contribution in [-0.4, -0.2) is 31.1 Å². The van der Waals surface area contributed by atoms with Crippen LogP contribution >= 0.6 is 0 Å². The zero-order valence-corrected chi connectivity index (χ0v) is 16.9. The van der Waals surface area contributed by atoms with Gasteiger partial charge in [-0.05, 0) is 48.9 Å². The van der Waals surface area contributed by atoms with Gasteiger partial charge in [0, 0.05) is 31.1 Å². The second kappa shape index (κ2) is 8.78. The molecule has 0 fully saturated rings. The molecule has 0 unspecified atom stereocenters. The fourth-order valence-electron chi connectivity index (χ4n) is 3.46. The van der Waals surface area contributed by atoms with E-state index in [0.717, 1.165) is 11.3 Å². The SMILES string of the molecule is C[C@@H](Cc1ccco1)NC(=O)Cn1c(=O)c(=O)n(Cc2ccncc2)c2ncccc21. The first-order valence-electron chi connectivity index (χ1n) is 9.82. The highest BCUT2D eigenvalue weighted by molar-refractivity contribution is 5.79. The van der Waals surface area contributed by atoms with E-state index < -0.39 is 11.1 Å². The van der Waals surface area contributed by atoms with Crippen LogP contribution in [0.15, 0.2) is 75.3 Å². The van der Waals surface area contributed by atoms with E-state index in [9.17, 15) is 14.4 Å². The fourth-order valence-corrected chi connectivity index (χ4v) is 3.46. The normalized spacial score (nSPS) is 12.0. The van der Waals surface area contributed by atoms with Crippen LogP contribution in [0.3, 0.4) is 0 Å². The van der Waals surface area contributed by atoms with Crippen molar-refractivity contribution in [3.8, 4) is 0 Å². The van der Waals surface area contributed by atoms with Crippen molar-refractivity contribution in [2.75, 3.05) is 0 Å². The molecule has 0 aliphatic rings. The maximum absolute atomic E-state index is 12.9. The summed E-state index contributed by atoms with van der Waals surface area (Å²) in [6.07, 6.45) is 6.87. The summed E-state index contributed by atoms with van der Waals surface area (Å²) < 4.78 is 7.79. The molecule has 9 nitrogen and oxygen atoms in total. The van der Waals surface area contributed by atoms with E-state index in [4.69, 9.17) is 4.42 Å². The zero-order chi connectivity index (χ0) is 21.8. The van der Waals surface area contributed by atoms with Crippen molar-refractivity contribution in [3.05, 3.63) is 93.3 Å². The van der Waals surface area contributed by atoms with E-state index in [2.05, 4.69) is 15.3 Å². The van der Waals surface area contributed by atoms with Crippen LogP contribution < -0.4 is 16.4 Å². The third kappa shape index (κ3) is 4.45.